The van der Waals surface area contributed by atoms with Crippen molar-refractivity contribution in [3.63, 3.8) is 0 Å². The first kappa shape index (κ1) is 16.2. The Morgan fingerprint density at radius 1 is 1.10 bits per heavy atom. The maximum absolute atomic E-state index is 12.4. The lowest BCUT2D eigenvalue weighted by Crippen LogP contribution is -2.22. The zero-order valence-electron chi connectivity index (χ0n) is 12.4. The van der Waals surface area contributed by atoms with Gasteiger partial charge in [-0.05, 0) is 43.7 Å². The Hall–Kier alpha value is -1.21. The molecule has 1 aromatic carbocycles. The molecular weight excluding hydrogens is 304 g/mol. The third kappa shape index (κ3) is 3.91. The lowest BCUT2D eigenvalue weighted by atomic mass is 10.1. The first-order chi connectivity index (χ1) is 9.94. The minimum absolute atomic E-state index is 0.313. The molecule has 0 saturated heterocycles. The van der Waals surface area contributed by atoms with Crippen molar-refractivity contribution in [1.29, 1.82) is 0 Å². The molecule has 4 nitrogen and oxygen atoms in total. The van der Waals surface area contributed by atoms with Gasteiger partial charge in [-0.1, -0.05) is 24.3 Å². The highest BCUT2D eigenvalue weighted by molar-refractivity contribution is 7.91. The predicted octanol–water partition coefficient (Wildman–Crippen LogP) is 2.56. The predicted molar refractivity (Wildman–Crippen MR) is 87.0 cm³/mol. The molecule has 0 aliphatic heterocycles. The van der Waals surface area contributed by atoms with Gasteiger partial charge in [-0.3, -0.25) is 0 Å². The molecule has 114 valence electrons. The minimum atomic E-state index is -3.45. The fourth-order valence-corrected chi connectivity index (χ4v) is 4.66. The summed E-state index contributed by atoms with van der Waals surface area (Å²) < 4.78 is 27.8. The van der Waals surface area contributed by atoms with E-state index in [1.165, 1.54) is 11.3 Å². The van der Waals surface area contributed by atoms with E-state index in [0.29, 0.717) is 17.3 Å². The molecule has 0 amide bonds. The van der Waals surface area contributed by atoms with Crippen LogP contribution in [0.15, 0.2) is 34.5 Å². The molecule has 2 N–H and O–H groups in total. The summed E-state index contributed by atoms with van der Waals surface area (Å²) in [6, 6.07) is 9.50. The van der Waals surface area contributed by atoms with E-state index in [1.54, 1.807) is 6.07 Å². The molecule has 0 radical (unpaired) electrons. The lowest BCUT2D eigenvalue weighted by molar-refractivity contribution is 0.583. The topological polar surface area (TPSA) is 58.2 Å². The van der Waals surface area contributed by atoms with Gasteiger partial charge in [0.2, 0.25) is 10.0 Å². The summed E-state index contributed by atoms with van der Waals surface area (Å²) in [7, 11) is -1.60. The molecule has 2 rings (SSSR count). The first-order valence-corrected chi connectivity index (χ1v) is 9.02. The van der Waals surface area contributed by atoms with Crippen molar-refractivity contribution >= 4 is 21.4 Å². The van der Waals surface area contributed by atoms with Gasteiger partial charge in [0.05, 0.1) is 0 Å². The van der Waals surface area contributed by atoms with E-state index in [2.05, 4.69) is 10.0 Å². The molecule has 0 atom stereocenters. The van der Waals surface area contributed by atoms with Gasteiger partial charge in [0.1, 0.15) is 4.21 Å². The number of sulfonamides is 1. The van der Waals surface area contributed by atoms with Gasteiger partial charge in [-0.25, -0.2) is 13.1 Å². The highest BCUT2D eigenvalue weighted by atomic mass is 32.2. The number of thiophene rings is 1. The van der Waals surface area contributed by atoms with Crippen LogP contribution in [0.25, 0.3) is 0 Å². The van der Waals surface area contributed by atoms with Crippen molar-refractivity contribution < 1.29 is 8.42 Å². The average molecular weight is 324 g/mol. The summed E-state index contributed by atoms with van der Waals surface area (Å²) in [4.78, 5) is 1.05. The second-order valence-electron chi connectivity index (χ2n) is 4.95. The molecule has 0 unspecified atom stereocenters. The zero-order chi connectivity index (χ0) is 15.5. The number of rotatable bonds is 6. The van der Waals surface area contributed by atoms with Gasteiger partial charge in [0.15, 0.2) is 0 Å². The van der Waals surface area contributed by atoms with Crippen molar-refractivity contribution in [2.75, 3.05) is 7.05 Å². The van der Waals surface area contributed by atoms with Crippen LogP contribution in [0.2, 0.25) is 0 Å². The lowest BCUT2D eigenvalue weighted by Gasteiger charge is -2.07. The summed E-state index contributed by atoms with van der Waals surface area (Å²) in [6.45, 7) is 4.91. The maximum atomic E-state index is 12.4. The molecular formula is C15H20N2O2S2. The Kier molecular flexibility index (Phi) is 5.16. The van der Waals surface area contributed by atoms with Gasteiger partial charge in [0.25, 0.3) is 0 Å². The molecule has 0 bridgehead atoms. The van der Waals surface area contributed by atoms with E-state index in [9.17, 15) is 8.42 Å². The second kappa shape index (κ2) is 6.70. The van der Waals surface area contributed by atoms with Crippen LogP contribution in [0, 0.1) is 13.8 Å². The zero-order valence-corrected chi connectivity index (χ0v) is 14.1. The number of hydrogen-bond acceptors (Lipinski definition) is 4. The van der Waals surface area contributed by atoms with Crippen LogP contribution >= 0.6 is 11.3 Å². The van der Waals surface area contributed by atoms with E-state index in [0.717, 1.165) is 21.6 Å². The van der Waals surface area contributed by atoms with Gasteiger partial charge in [-0.15, -0.1) is 11.3 Å². The van der Waals surface area contributed by atoms with Gasteiger partial charge in [-0.2, -0.15) is 0 Å². The molecule has 1 heterocycles. The Labute approximate surface area is 130 Å². The maximum Gasteiger partial charge on any atom is 0.250 e. The minimum Gasteiger partial charge on any atom is -0.315 e. The number of aryl methyl sites for hydroxylation is 2. The number of nitrogens with one attached hydrogen (secondary N) is 2. The molecule has 0 spiro atoms. The summed E-state index contributed by atoms with van der Waals surface area (Å²) in [6.07, 6.45) is 0. The van der Waals surface area contributed by atoms with Gasteiger partial charge < -0.3 is 5.32 Å². The Bertz CT molecular complexity index is 721. The van der Waals surface area contributed by atoms with Crippen LogP contribution in [-0.4, -0.2) is 15.5 Å². The van der Waals surface area contributed by atoms with Crippen LogP contribution in [-0.2, 0) is 23.1 Å². The van der Waals surface area contributed by atoms with E-state index >= 15 is 0 Å². The SMILES string of the molecule is CNCc1sc(S(=O)(=O)NCc2ccccc2C)cc1C. The summed E-state index contributed by atoms with van der Waals surface area (Å²) in [5.74, 6) is 0. The Morgan fingerprint density at radius 2 is 1.81 bits per heavy atom. The van der Waals surface area contributed by atoms with E-state index in [1.807, 2.05) is 45.2 Å². The quantitative estimate of drug-likeness (QED) is 0.858. The third-order valence-electron chi connectivity index (χ3n) is 3.31. The van der Waals surface area contributed by atoms with Crippen LogP contribution in [0.5, 0.6) is 0 Å². The number of benzene rings is 1. The molecule has 6 heteroatoms. The highest BCUT2D eigenvalue weighted by Gasteiger charge is 2.18. The Morgan fingerprint density at radius 3 is 2.48 bits per heavy atom. The molecule has 0 aliphatic rings. The van der Waals surface area contributed by atoms with E-state index < -0.39 is 10.0 Å². The smallest absolute Gasteiger partial charge is 0.250 e. The summed E-state index contributed by atoms with van der Waals surface area (Å²) in [5.41, 5.74) is 3.08. The van der Waals surface area contributed by atoms with Crippen molar-refractivity contribution in [3.05, 3.63) is 51.9 Å². The van der Waals surface area contributed by atoms with Gasteiger partial charge >= 0.3 is 0 Å². The largest absolute Gasteiger partial charge is 0.315 e. The molecule has 0 aliphatic carbocycles. The summed E-state index contributed by atoms with van der Waals surface area (Å²) in [5, 5.41) is 3.05. The van der Waals surface area contributed by atoms with Crippen molar-refractivity contribution in [2.45, 2.75) is 31.1 Å². The monoisotopic (exact) mass is 324 g/mol. The van der Waals surface area contributed by atoms with Crippen LogP contribution in [0.4, 0.5) is 0 Å². The van der Waals surface area contributed by atoms with E-state index in [-0.39, 0.29) is 0 Å². The fourth-order valence-electron chi connectivity index (χ4n) is 2.01. The first-order valence-electron chi connectivity index (χ1n) is 6.72. The number of hydrogen-bond donors (Lipinski definition) is 2. The summed E-state index contributed by atoms with van der Waals surface area (Å²) >= 11 is 1.32. The molecule has 2 aromatic rings. The van der Waals surface area contributed by atoms with Crippen LogP contribution < -0.4 is 10.0 Å². The second-order valence-corrected chi connectivity index (χ2v) is 8.08. The van der Waals surface area contributed by atoms with Crippen LogP contribution in [0.3, 0.4) is 0 Å². The van der Waals surface area contributed by atoms with Crippen molar-refractivity contribution in [1.82, 2.24) is 10.0 Å². The Balaban J connectivity index is 2.15. The molecule has 21 heavy (non-hydrogen) atoms. The van der Waals surface area contributed by atoms with Crippen LogP contribution in [0.1, 0.15) is 21.6 Å². The fraction of sp³-hybridized carbons (Fsp3) is 0.333. The highest BCUT2D eigenvalue weighted by Crippen LogP contribution is 2.26. The third-order valence-corrected chi connectivity index (χ3v) is 6.43. The normalized spacial score (nSPS) is 11.8. The average Bonchev–Trinajstić information content (AvgIpc) is 2.81. The standard InChI is InChI=1S/C15H20N2O2S2/c1-11-6-4-5-7-13(11)9-17-21(18,19)15-8-12(2)14(20-15)10-16-3/h4-8,16-17H,9-10H2,1-3H3. The van der Waals surface area contributed by atoms with E-state index in [4.69, 9.17) is 0 Å². The molecule has 1 aromatic heterocycles. The van der Waals surface area contributed by atoms with Crippen molar-refractivity contribution in [3.8, 4) is 0 Å². The van der Waals surface area contributed by atoms with Gasteiger partial charge in [0, 0.05) is 18.0 Å². The van der Waals surface area contributed by atoms with Crippen molar-refractivity contribution in [2.24, 2.45) is 0 Å². The molecule has 0 fully saturated rings. The molecule has 0 saturated carbocycles.